The summed E-state index contributed by atoms with van der Waals surface area (Å²) in [4.78, 5) is 0. The first-order chi connectivity index (χ1) is 10.1. The van der Waals surface area contributed by atoms with Gasteiger partial charge in [-0.1, -0.05) is 49.7 Å². The quantitative estimate of drug-likeness (QED) is 0.777. The van der Waals surface area contributed by atoms with Crippen molar-refractivity contribution in [3.05, 3.63) is 59.1 Å². The minimum atomic E-state index is 0.0613. The molecule has 0 spiro atoms. The minimum absolute atomic E-state index is 0.0613. The SMILES string of the molecule is CC(CNc1ccccc1Cl)Oc1ccc(C(C)C)cc1. The molecule has 0 heterocycles. The number of para-hydroxylation sites is 1. The summed E-state index contributed by atoms with van der Waals surface area (Å²) in [5.74, 6) is 1.44. The molecular weight excluding hydrogens is 282 g/mol. The van der Waals surface area contributed by atoms with Gasteiger partial charge < -0.3 is 10.1 Å². The summed E-state index contributed by atoms with van der Waals surface area (Å²) in [7, 11) is 0. The van der Waals surface area contributed by atoms with E-state index in [-0.39, 0.29) is 6.10 Å². The molecule has 0 fully saturated rings. The van der Waals surface area contributed by atoms with E-state index in [2.05, 4.69) is 31.3 Å². The van der Waals surface area contributed by atoms with Gasteiger partial charge in [0, 0.05) is 0 Å². The van der Waals surface area contributed by atoms with Gasteiger partial charge in [0.25, 0.3) is 0 Å². The van der Waals surface area contributed by atoms with E-state index in [1.807, 2.05) is 43.3 Å². The Labute approximate surface area is 132 Å². The zero-order valence-electron chi connectivity index (χ0n) is 12.8. The monoisotopic (exact) mass is 303 g/mol. The molecule has 0 saturated carbocycles. The van der Waals surface area contributed by atoms with Crippen LogP contribution in [0.4, 0.5) is 5.69 Å². The van der Waals surface area contributed by atoms with Crippen molar-refractivity contribution in [2.75, 3.05) is 11.9 Å². The van der Waals surface area contributed by atoms with Crippen LogP contribution in [0.5, 0.6) is 5.75 Å². The van der Waals surface area contributed by atoms with Gasteiger partial charge in [-0.2, -0.15) is 0 Å². The Morgan fingerprint density at radius 1 is 1.00 bits per heavy atom. The first kappa shape index (κ1) is 15.7. The fraction of sp³-hybridized carbons (Fsp3) is 0.333. The largest absolute Gasteiger partial charge is 0.489 e. The average molecular weight is 304 g/mol. The van der Waals surface area contributed by atoms with Crippen molar-refractivity contribution in [3.63, 3.8) is 0 Å². The van der Waals surface area contributed by atoms with E-state index in [0.29, 0.717) is 12.5 Å². The molecule has 0 bridgehead atoms. The minimum Gasteiger partial charge on any atom is -0.489 e. The summed E-state index contributed by atoms with van der Waals surface area (Å²) in [5, 5.41) is 4.03. The molecule has 0 aliphatic heterocycles. The molecule has 2 aromatic rings. The second-order valence-corrected chi connectivity index (χ2v) is 5.92. The highest BCUT2D eigenvalue weighted by Crippen LogP contribution is 2.21. The number of hydrogen-bond donors (Lipinski definition) is 1. The number of benzene rings is 2. The van der Waals surface area contributed by atoms with Crippen molar-refractivity contribution in [1.29, 1.82) is 0 Å². The van der Waals surface area contributed by atoms with Gasteiger partial charge in [-0.15, -0.1) is 0 Å². The van der Waals surface area contributed by atoms with Crippen LogP contribution in [0.2, 0.25) is 5.02 Å². The summed E-state index contributed by atoms with van der Waals surface area (Å²) >= 11 is 6.11. The van der Waals surface area contributed by atoms with Crippen LogP contribution in [0.25, 0.3) is 0 Å². The van der Waals surface area contributed by atoms with Crippen LogP contribution in [-0.2, 0) is 0 Å². The Morgan fingerprint density at radius 2 is 1.67 bits per heavy atom. The molecule has 2 rings (SSSR count). The highest BCUT2D eigenvalue weighted by molar-refractivity contribution is 6.33. The van der Waals surface area contributed by atoms with Gasteiger partial charge in [0.15, 0.2) is 0 Å². The molecule has 0 aliphatic carbocycles. The van der Waals surface area contributed by atoms with Crippen LogP contribution in [-0.4, -0.2) is 12.6 Å². The van der Waals surface area contributed by atoms with Crippen LogP contribution < -0.4 is 10.1 Å². The highest BCUT2D eigenvalue weighted by Gasteiger charge is 2.06. The number of halogens is 1. The van der Waals surface area contributed by atoms with E-state index in [0.717, 1.165) is 16.5 Å². The Balaban J connectivity index is 1.87. The highest BCUT2D eigenvalue weighted by atomic mass is 35.5. The molecule has 0 radical (unpaired) electrons. The predicted molar refractivity (Wildman–Crippen MR) is 90.6 cm³/mol. The summed E-state index contributed by atoms with van der Waals surface area (Å²) in [6.07, 6.45) is 0.0613. The first-order valence-corrected chi connectivity index (χ1v) is 7.69. The van der Waals surface area contributed by atoms with Crippen LogP contribution >= 0.6 is 11.6 Å². The first-order valence-electron chi connectivity index (χ1n) is 7.31. The standard InChI is InChI=1S/C18H22ClNO/c1-13(2)15-8-10-16(11-9-15)21-14(3)12-20-18-7-5-4-6-17(18)19/h4-11,13-14,20H,12H2,1-3H3. The van der Waals surface area contributed by atoms with E-state index in [4.69, 9.17) is 16.3 Å². The molecule has 1 atom stereocenters. The number of anilines is 1. The molecule has 21 heavy (non-hydrogen) atoms. The maximum absolute atomic E-state index is 6.11. The van der Waals surface area contributed by atoms with Gasteiger partial charge in [0.05, 0.1) is 17.3 Å². The molecule has 1 N–H and O–H groups in total. The fourth-order valence-electron chi connectivity index (χ4n) is 2.06. The third kappa shape index (κ3) is 4.68. The second-order valence-electron chi connectivity index (χ2n) is 5.51. The topological polar surface area (TPSA) is 21.3 Å². The summed E-state index contributed by atoms with van der Waals surface area (Å²) < 4.78 is 5.91. The van der Waals surface area contributed by atoms with Crippen LogP contribution in [0.1, 0.15) is 32.3 Å². The smallest absolute Gasteiger partial charge is 0.119 e. The van der Waals surface area contributed by atoms with Crippen molar-refractivity contribution >= 4 is 17.3 Å². The van der Waals surface area contributed by atoms with E-state index in [9.17, 15) is 0 Å². The van der Waals surface area contributed by atoms with Crippen molar-refractivity contribution in [2.45, 2.75) is 32.8 Å². The Morgan fingerprint density at radius 3 is 2.29 bits per heavy atom. The van der Waals surface area contributed by atoms with Gasteiger partial charge in [-0.3, -0.25) is 0 Å². The lowest BCUT2D eigenvalue weighted by atomic mass is 10.0. The average Bonchev–Trinajstić information content (AvgIpc) is 2.47. The predicted octanol–water partition coefficient (Wildman–Crippen LogP) is 5.34. The summed E-state index contributed by atoms with van der Waals surface area (Å²) in [6.45, 7) is 7.12. The molecule has 3 heteroatoms. The summed E-state index contributed by atoms with van der Waals surface area (Å²) in [6, 6.07) is 16.0. The molecule has 2 nitrogen and oxygen atoms in total. The van der Waals surface area contributed by atoms with Gasteiger partial charge >= 0.3 is 0 Å². The lowest BCUT2D eigenvalue weighted by Crippen LogP contribution is -2.22. The van der Waals surface area contributed by atoms with E-state index < -0.39 is 0 Å². The molecule has 1 unspecified atom stereocenters. The number of rotatable bonds is 6. The van der Waals surface area contributed by atoms with E-state index in [1.165, 1.54) is 5.56 Å². The van der Waals surface area contributed by atoms with Gasteiger partial charge in [-0.05, 0) is 42.7 Å². The Hall–Kier alpha value is -1.67. The van der Waals surface area contributed by atoms with Crippen LogP contribution in [0.3, 0.4) is 0 Å². The molecule has 112 valence electrons. The lowest BCUT2D eigenvalue weighted by Gasteiger charge is -2.17. The summed E-state index contributed by atoms with van der Waals surface area (Å²) in [5.41, 5.74) is 2.26. The van der Waals surface area contributed by atoms with Crippen molar-refractivity contribution in [3.8, 4) is 5.75 Å². The van der Waals surface area contributed by atoms with Gasteiger partial charge in [-0.25, -0.2) is 0 Å². The molecule has 0 aliphatic rings. The van der Waals surface area contributed by atoms with Gasteiger partial charge in [0.1, 0.15) is 11.9 Å². The maximum atomic E-state index is 6.11. The molecule has 0 saturated heterocycles. The second kappa shape index (κ2) is 7.37. The molecule has 0 amide bonds. The number of nitrogens with one attached hydrogen (secondary N) is 1. The van der Waals surface area contributed by atoms with Crippen molar-refractivity contribution in [2.24, 2.45) is 0 Å². The molecular formula is C18H22ClNO. The van der Waals surface area contributed by atoms with E-state index in [1.54, 1.807) is 0 Å². The fourth-order valence-corrected chi connectivity index (χ4v) is 2.27. The lowest BCUT2D eigenvalue weighted by molar-refractivity contribution is 0.234. The van der Waals surface area contributed by atoms with Gasteiger partial charge in [0.2, 0.25) is 0 Å². The number of hydrogen-bond acceptors (Lipinski definition) is 2. The molecule has 0 aromatic heterocycles. The third-order valence-electron chi connectivity index (χ3n) is 3.34. The van der Waals surface area contributed by atoms with Crippen molar-refractivity contribution in [1.82, 2.24) is 0 Å². The number of ether oxygens (including phenoxy) is 1. The maximum Gasteiger partial charge on any atom is 0.119 e. The van der Waals surface area contributed by atoms with E-state index >= 15 is 0 Å². The Kier molecular flexibility index (Phi) is 5.51. The zero-order valence-corrected chi connectivity index (χ0v) is 13.5. The molecule has 2 aromatic carbocycles. The third-order valence-corrected chi connectivity index (χ3v) is 3.67. The Bertz CT molecular complexity index is 566. The van der Waals surface area contributed by atoms with Crippen LogP contribution in [0.15, 0.2) is 48.5 Å². The zero-order chi connectivity index (χ0) is 15.2. The normalized spacial score (nSPS) is 12.2. The van der Waals surface area contributed by atoms with Crippen molar-refractivity contribution < 1.29 is 4.74 Å². The van der Waals surface area contributed by atoms with Crippen LogP contribution in [0, 0.1) is 0 Å².